The molecule has 0 spiro atoms. The van der Waals surface area contributed by atoms with Gasteiger partial charge >= 0.3 is 0 Å². The van der Waals surface area contributed by atoms with Gasteiger partial charge in [-0.05, 0) is 12.1 Å². The van der Waals surface area contributed by atoms with Crippen LogP contribution in [0.5, 0.6) is 11.5 Å². The van der Waals surface area contributed by atoms with Crippen LogP contribution < -0.4 is 14.8 Å². The molecule has 1 aromatic carbocycles. The third-order valence-corrected chi connectivity index (χ3v) is 3.55. The molecule has 0 aromatic heterocycles. The quantitative estimate of drug-likeness (QED) is 0.850. The molecule has 5 nitrogen and oxygen atoms in total. The molecule has 0 saturated carbocycles. The zero-order valence-corrected chi connectivity index (χ0v) is 12.6. The maximum absolute atomic E-state index is 12.1. The van der Waals surface area contributed by atoms with Crippen LogP contribution in [-0.2, 0) is 4.79 Å². The van der Waals surface area contributed by atoms with Crippen molar-refractivity contribution in [1.82, 2.24) is 10.2 Å². The molecule has 1 saturated heterocycles. The molecule has 0 radical (unpaired) electrons. The number of carbonyl (C=O) groups is 1. The van der Waals surface area contributed by atoms with E-state index in [1.165, 1.54) is 0 Å². The van der Waals surface area contributed by atoms with Gasteiger partial charge in [0.1, 0.15) is 23.6 Å². The van der Waals surface area contributed by atoms with Crippen LogP contribution in [0.2, 0.25) is 0 Å². The minimum atomic E-state index is -0.159. The van der Waals surface area contributed by atoms with E-state index in [0.717, 1.165) is 18.0 Å². The second kappa shape index (κ2) is 6.83. The van der Waals surface area contributed by atoms with Crippen LogP contribution in [0.25, 0.3) is 0 Å². The minimum Gasteiger partial charge on any atom is -0.497 e. The predicted molar refractivity (Wildman–Crippen MR) is 82.2 cm³/mol. The molecule has 2 aliphatic rings. The number of benzene rings is 1. The number of likely N-dealkylation sites (tertiary alicyclic amines) is 1. The summed E-state index contributed by atoms with van der Waals surface area (Å²) < 4.78 is 11.0. The van der Waals surface area contributed by atoms with E-state index in [1.807, 2.05) is 41.3 Å². The van der Waals surface area contributed by atoms with Crippen molar-refractivity contribution in [3.63, 3.8) is 0 Å². The molecule has 114 valence electrons. The lowest BCUT2D eigenvalue weighted by molar-refractivity contribution is -0.140. The van der Waals surface area contributed by atoms with E-state index in [1.54, 1.807) is 7.11 Å². The number of carbonyl (C=O) groups excluding carboxylic acids is 1. The normalized spacial score (nSPS) is 20.6. The molecule has 3 rings (SSSR count). The van der Waals surface area contributed by atoms with Crippen molar-refractivity contribution in [1.29, 1.82) is 0 Å². The Morgan fingerprint density at radius 2 is 2.10 bits per heavy atom. The highest BCUT2D eigenvalue weighted by Gasteiger charge is 2.35. The van der Waals surface area contributed by atoms with E-state index in [9.17, 15) is 4.79 Å². The van der Waals surface area contributed by atoms with Crippen LogP contribution in [0, 0.1) is 0 Å². The summed E-state index contributed by atoms with van der Waals surface area (Å²) in [6.45, 7) is 2.05. The largest absolute Gasteiger partial charge is 0.497 e. The van der Waals surface area contributed by atoms with E-state index in [-0.39, 0.29) is 30.5 Å². The summed E-state index contributed by atoms with van der Waals surface area (Å²) in [5, 5.41) is 3.13. The molecule has 6 heteroatoms. The first-order valence-electron chi connectivity index (χ1n) is 6.76. The van der Waals surface area contributed by atoms with Crippen LogP contribution in [0.4, 0.5) is 0 Å². The molecular formula is C15H19ClN2O3. The monoisotopic (exact) mass is 310 g/mol. The van der Waals surface area contributed by atoms with Gasteiger partial charge in [0.2, 0.25) is 5.91 Å². The van der Waals surface area contributed by atoms with Crippen LogP contribution in [0.1, 0.15) is 0 Å². The van der Waals surface area contributed by atoms with Crippen molar-refractivity contribution in [2.24, 2.45) is 0 Å². The molecule has 1 aromatic rings. The lowest BCUT2D eigenvalue weighted by Crippen LogP contribution is -2.59. The van der Waals surface area contributed by atoms with E-state index < -0.39 is 0 Å². The minimum absolute atomic E-state index is 0. The van der Waals surface area contributed by atoms with Crippen molar-refractivity contribution in [3.8, 4) is 11.5 Å². The van der Waals surface area contributed by atoms with Gasteiger partial charge in [0, 0.05) is 12.6 Å². The van der Waals surface area contributed by atoms with Crippen LogP contribution >= 0.6 is 12.4 Å². The molecule has 1 amide bonds. The van der Waals surface area contributed by atoms with Crippen LogP contribution in [-0.4, -0.2) is 49.7 Å². The smallest absolute Gasteiger partial charge is 0.243 e. The van der Waals surface area contributed by atoms with Crippen molar-refractivity contribution >= 4 is 18.3 Å². The maximum atomic E-state index is 12.1. The molecule has 1 fully saturated rings. The highest BCUT2D eigenvalue weighted by Crippen LogP contribution is 2.23. The molecule has 1 N–H and O–H groups in total. The predicted octanol–water partition coefficient (Wildman–Crippen LogP) is 1.23. The summed E-state index contributed by atoms with van der Waals surface area (Å²) in [7, 11) is 1.63. The highest BCUT2D eigenvalue weighted by molar-refractivity contribution is 5.85. The number of hydrogen-bond donors (Lipinski definition) is 1. The topological polar surface area (TPSA) is 50.8 Å². The lowest BCUT2D eigenvalue weighted by Gasteiger charge is -2.40. The zero-order chi connectivity index (χ0) is 13.9. The third kappa shape index (κ3) is 3.49. The second-order valence-corrected chi connectivity index (χ2v) is 4.98. The number of ether oxygens (including phenoxy) is 2. The molecule has 1 atom stereocenters. The number of halogens is 1. The Hall–Kier alpha value is -1.72. The first-order chi connectivity index (χ1) is 9.76. The van der Waals surface area contributed by atoms with Crippen molar-refractivity contribution in [2.45, 2.75) is 12.1 Å². The standard InChI is InChI=1S/C15H18N2O3.ClH/c1-19-11-4-2-5-12(8-11)20-13-9-17(10-13)15(18)14-6-3-7-16-14;/h2-6,8,13-14,16H,7,9-10H2,1H3;1H. The fourth-order valence-corrected chi connectivity index (χ4v) is 2.39. The lowest BCUT2D eigenvalue weighted by atomic mass is 10.1. The highest BCUT2D eigenvalue weighted by atomic mass is 35.5. The average Bonchev–Trinajstić information content (AvgIpc) is 2.96. The summed E-state index contributed by atoms with van der Waals surface area (Å²) >= 11 is 0. The summed E-state index contributed by atoms with van der Waals surface area (Å²) in [6, 6.07) is 7.36. The second-order valence-electron chi connectivity index (χ2n) is 4.98. The van der Waals surface area contributed by atoms with E-state index in [0.29, 0.717) is 13.1 Å². The summed E-state index contributed by atoms with van der Waals surface area (Å²) in [4.78, 5) is 13.9. The van der Waals surface area contributed by atoms with Gasteiger partial charge in [0.25, 0.3) is 0 Å². The third-order valence-electron chi connectivity index (χ3n) is 3.55. The summed E-state index contributed by atoms with van der Waals surface area (Å²) in [6.07, 6.45) is 3.96. The Kier molecular flexibility index (Phi) is 5.09. The molecule has 2 aliphatic heterocycles. The molecule has 0 bridgehead atoms. The Morgan fingerprint density at radius 3 is 2.76 bits per heavy atom. The molecule has 0 aliphatic carbocycles. The van der Waals surface area contributed by atoms with Gasteiger partial charge in [0.05, 0.1) is 20.2 Å². The van der Waals surface area contributed by atoms with Crippen LogP contribution in [0.15, 0.2) is 36.4 Å². The van der Waals surface area contributed by atoms with Crippen LogP contribution in [0.3, 0.4) is 0 Å². The first-order valence-corrected chi connectivity index (χ1v) is 6.76. The fourth-order valence-electron chi connectivity index (χ4n) is 2.39. The van der Waals surface area contributed by atoms with Crippen molar-refractivity contribution in [3.05, 3.63) is 36.4 Å². The van der Waals surface area contributed by atoms with E-state index in [2.05, 4.69) is 5.32 Å². The number of amides is 1. The van der Waals surface area contributed by atoms with Crippen molar-refractivity contribution < 1.29 is 14.3 Å². The number of nitrogens with zero attached hydrogens (tertiary/aromatic N) is 1. The molecule has 1 unspecified atom stereocenters. The fraction of sp³-hybridized carbons (Fsp3) is 0.400. The van der Waals surface area contributed by atoms with Gasteiger partial charge < -0.3 is 14.4 Å². The molecular weight excluding hydrogens is 292 g/mol. The van der Waals surface area contributed by atoms with Gasteiger partial charge in [-0.1, -0.05) is 18.2 Å². The summed E-state index contributed by atoms with van der Waals surface area (Å²) in [5.41, 5.74) is 0. The Labute approximate surface area is 130 Å². The maximum Gasteiger partial charge on any atom is 0.243 e. The number of nitrogens with one attached hydrogen (secondary N) is 1. The van der Waals surface area contributed by atoms with E-state index in [4.69, 9.17) is 9.47 Å². The zero-order valence-electron chi connectivity index (χ0n) is 11.8. The van der Waals surface area contributed by atoms with Gasteiger partial charge in [-0.25, -0.2) is 0 Å². The number of hydrogen-bond acceptors (Lipinski definition) is 4. The number of methoxy groups -OCH3 is 1. The Bertz CT molecular complexity index is 529. The number of rotatable bonds is 4. The van der Waals surface area contributed by atoms with Crippen molar-refractivity contribution in [2.75, 3.05) is 26.7 Å². The first kappa shape index (κ1) is 15.7. The van der Waals surface area contributed by atoms with Gasteiger partial charge in [0.15, 0.2) is 0 Å². The van der Waals surface area contributed by atoms with E-state index >= 15 is 0 Å². The van der Waals surface area contributed by atoms with Gasteiger partial charge in [-0.2, -0.15) is 0 Å². The summed E-state index contributed by atoms with van der Waals surface area (Å²) in [5.74, 6) is 1.68. The Morgan fingerprint density at radius 1 is 1.33 bits per heavy atom. The molecule has 21 heavy (non-hydrogen) atoms. The van der Waals surface area contributed by atoms with Gasteiger partial charge in [-0.3, -0.25) is 10.1 Å². The Balaban J connectivity index is 0.00000161. The van der Waals surface area contributed by atoms with Gasteiger partial charge in [-0.15, -0.1) is 12.4 Å². The average molecular weight is 311 g/mol. The SMILES string of the molecule is COc1cccc(OC2CN(C(=O)C3C=CCN3)C2)c1.Cl. The molecule has 2 heterocycles.